The molecule has 4 nitrogen and oxygen atoms in total. The van der Waals surface area contributed by atoms with E-state index in [4.69, 9.17) is 10.5 Å². The third-order valence-corrected chi connectivity index (χ3v) is 4.00. The highest BCUT2D eigenvalue weighted by atomic mass is 16.5. The Kier molecular flexibility index (Phi) is 3.57. The quantitative estimate of drug-likeness (QED) is 0.800. The number of ether oxygens (including phenoxy) is 1. The zero-order valence-corrected chi connectivity index (χ0v) is 10.6. The first-order valence-corrected chi connectivity index (χ1v) is 6.23. The summed E-state index contributed by atoms with van der Waals surface area (Å²) in [5.41, 5.74) is 7.17. The Labute approximate surface area is 107 Å². The summed E-state index contributed by atoms with van der Waals surface area (Å²) in [5.74, 6) is 0.392. The summed E-state index contributed by atoms with van der Waals surface area (Å²) in [5, 5.41) is 9.90. The molecule has 0 atom stereocenters. The summed E-state index contributed by atoms with van der Waals surface area (Å²) < 4.78 is 5.03. The number of aromatic hydroxyl groups is 1. The predicted molar refractivity (Wildman–Crippen MR) is 69.2 cm³/mol. The van der Waals surface area contributed by atoms with E-state index < -0.39 is 0 Å². The van der Waals surface area contributed by atoms with Gasteiger partial charge in [-0.2, -0.15) is 0 Å². The molecule has 1 aromatic carbocycles. The summed E-state index contributed by atoms with van der Waals surface area (Å²) in [6.45, 7) is 0.500. The molecule has 0 unspecified atom stereocenters. The Bertz CT molecular complexity index is 451. The Hall–Kier alpha value is -1.55. The number of carbonyl (C=O) groups excluding carboxylic acids is 1. The molecule has 0 aliphatic heterocycles. The minimum Gasteiger partial charge on any atom is -0.504 e. The van der Waals surface area contributed by atoms with E-state index in [1.54, 1.807) is 12.1 Å². The van der Waals surface area contributed by atoms with Crippen molar-refractivity contribution in [1.29, 1.82) is 0 Å². The van der Waals surface area contributed by atoms with Gasteiger partial charge in [-0.3, -0.25) is 4.79 Å². The van der Waals surface area contributed by atoms with E-state index in [0.717, 1.165) is 37.5 Å². The van der Waals surface area contributed by atoms with Gasteiger partial charge in [0.2, 0.25) is 0 Å². The second-order valence-corrected chi connectivity index (χ2v) is 4.92. The van der Waals surface area contributed by atoms with Crippen LogP contribution in [0.15, 0.2) is 12.1 Å². The van der Waals surface area contributed by atoms with E-state index in [2.05, 4.69) is 0 Å². The first-order chi connectivity index (χ1) is 8.66. The van der Waals surface area contributed by atoms with Crippen LogP contribution >= 0.6 is 0 Å². The molecule has 0 heterocycles. The SMILES string of the molecule is COc1cc(C=O)c(C2(CN)CCCC2)cc1O. The molecule has 4 heteroatoms. The van der Waals surface area contributed by atoms with Gasteiger partial charge >= 0.3 is 0 Å². The normalized spacial score (nSPS) is 17.7. The molecule has 98 valence electrons. The van der Waals surface area contributed by atoms with Crippen LogP contribution in [-0.4, -0.2) is 25.0 Å². The molecule has 1 aliphatic carbocycles. The van der Waals surface area contributed by atoms with Crippen LogP contribution in [-0.2, 0) is 5.41 Å². The molecule has 1 fully saturated rings. The molecular weight excluding hydrogens is 230 g/mol. The van der Waals surface area contributed by atoms with Gasteiger partial charge in [-0.1, -0.05) is 12.8 Å². The summed E-state index contributed by atoms with van der Waals surface area (Å²) in [7, 11) is 1.47. The van der Waals surface area contributed by atoms with E-state index in [0.29, 0.717) is 17.9 Å². The molecule has 0 saturated heterocycles. The van der Waals surface area contributed by atoms with E-state index >= 15 is 0 Å². The maximum absolute atomic E-state index is 11.2. The number of nitrogens with two attached hydrogens (primary N) is 1. The van der Waals surface area contributed by atoms with E-state index in [-0.39, 0.29) is 11.2 Å². The zero-order chi connectivity index (χ0) is 13.2. The largest absolute Gasteiger partial charge is 0.504 e. The number of carbonyl (C=O) groups is 1. The van der Waals surface area contributed by atoms with Crippen molar-refractivity contribution in [2.75, 3.05) is 13.7 Å². The van der Waals surface area contributed by atoms with Gasteiger partial charge in [-0.05, 0) is 30.5 Å². The summed E-state index contributed by atoms with van der Waals surface area (Å²) >= 11 is 0. The van der Waals surface area contributed by atoms with Crippen molar-refractivity contribution in [2.45, 2.75) is 31.1 Å². The fourth-order valence-corrected chi connectivity index (χ4v) is 2.94. The standard InChI is InChI=1S/C14H19NO3/c1-18-13-6-10(8-16)11(7-12(13)17)14(9-15)4-2-3-5-14/h6-8,17H,2-5,9,15H2,1H3. The number of aldehydes is 1. The van der Waals surface area contributed by atoms with Gasteiger partial charge in [0, 0.05) is 17.5 Å². The van der Waals surface area contributed by atoms with Gasteiger partial charge in [0.15, 0.2) is 11.5 Å². The number of methoxy groups -OCH3 is 1. The monoisotopic (exact) mass is 249 g/mol. The lowest BCUT2D eigenvalue weighted by Crippen LogP contribution is -2.33. The number of hydrogen-bond donors (Lipinski definition) is 2. The Morgan fingerprint density at radius 3 is 2.61 bits per heavy atom. The van der Waals surface area contributed by atoms with Crippen LogP contribution in [0.5, 0.6) is 11.5 Å². The van der Waals surface area contributed by atoms with E-state index in [9.17, 15) is 9.90 Å². The number of phenolic OH excluding ortho intramolecular Hbond substituents is 1. The Balaban J connectivity index is 2.55. The van der Waals surface area contributed by atoms with E-state index in [1.807, 2.05) is 0 Å². The maximum Gasteiger partial charge on any atom is 0.161 e. The lowest BCUT2D eigenvalue weighted by Gasteiger charge is -2.29. The second kappa shape index (κ2) is 4.98. The fourth-order valence-electron chi connectivity index (χ4n) is 2.94. The van der Waals surface area contributed by atoms with Crippen LogP contribution in [0.2, 0.25) is 0 Å². The predicted octanol–water partition coefficient (Wildman–Crippen LogP) is 1.98. The summed E-state index contributed by atoms with van der Waals surface area (Å²) in [6.07, 6.45) is 4.98. The first kappa shape index (κ1) is 12.9. The molecule has 1 aliphatic rings. The molecule has 1 saturated carbocycles. The zero-order valence-electron chi connectivity index (χ0n) is 10.6. The molecular formula is C14H19NO3. The van der Waals surface area contributed by atoms with Crippen LogP contribution in [0.4, 0.5) is 0 Å². The Morgan fingerprint density at radius 1 is 1.44 bits per heavy atom. The minimum atomic E-state index is -0.167. The van der Waals surface area contributed by atoms with Gasteiger partial charge in [0.25, 0.3) is 0 Å². The maximum atomic E-state index is 11.2. The average Bonchev–Trinajstić information content (AvgIpc) is 2.88. The highest BCUT2D eigenvalue weighted by Crippen LogP contribution is 2.44. The van der Waals surface area contributed by atoms with Crippen LogP contribution < -0.4 is 10.5 Å². The van der Waals surface area contributed by atoms with Gasteiger partial charge in [-0.25, -0.2) is 0 Å². The number of benzene rings is 1. The number of phenols is 1. The van der Waals surface area contributed by atoms with Crippen molar-refractivity contribution in [3.8, 4) is 11.5 Å². The molecule has 0 radical (unpaired) electrons. The Morgan fingerprint density at radius 2 is 2.11 bits per heavy atom. The molecule has 0 aromatic heterocycles. The summed E-state index contributed by atoms with van der Waals surface area (Å²) in [4.78, 5) is 11.2. The fraction of sp³-hybridized carbons (Fsp3) is 0.500. The third-order valence-electron chi connectivity index (χ3n) is 4.00. The van der Waals surface area contributed by atoms with Crippen molar-refractivity contribution in [2.24, 2.45) is 5.73 Å². The molecule has 1 aromatic rings. The van der Waals surface area contributed by atoms with Gasteiger partial charge < -0.3 is 15.6 Å². The molecule has 2 rings (SSSR count). The molecule has 3 N–H and O–H groups in total. The second-order valence-electron chi connectivity index (χ2n) is 4.92. The first-order valence-electron chi connectivity index (χ1n) is 6.23. The third kappa shape index (κ3) is 1.97. The molecule has 0 bridgehead atoms. The van der Waals surface area contributed by atoms with Crippen LogP contribution in [0.25, 0.3) is 0 Å². The lowest BCUT2D eigenvalue weighted by molar-refractivity contribution is 0.112. The highest BCUT2D eigenvalue weighted by molar-refractivity contribution is 5.80. The van der Waals surface area contributed by atoms with Crippen molar-refractivity contribution in [1.82, 2.24) is 0 Å². The molecule has 0 amide bonds. The smallest absolute Gasteiger partial charge is 0.161 e. The minimum absolute atomic E-state index is 0.0674. The topological polar surface area (TPSA) is 72.5 Å². The van der Waals surface area contributed by atoms with Crippen molar-refractivity contribution < 1.29 is 14.6 Å². The number of hydrogen-bond acceptors (Lipinski definition) is 4. The van der Waals surface area contributed by atoms with Gasteiger partial charge in [0.1, 0.15) is 6.29 Å². The molecule has 18 heavy (non-hydrogen) atoms. The molecule has 0 spiro atoms. The van der Waals surface area contributed by atoms with Gasteiger partial charge in [-0.15, -0.1) is 0 Å². The lowest BCUT2D eigenvalue weighted by atomic mass is 9.76. The van der Waals surface area contributed by atoms with Crippen molar-refractivity contribution >= 4 is 6.29 Å². The number of rotatable bonds is 4. The van der Waals surface area contributed by atoms with Crippen LogP contribution in [0, 0.1) is 0 Å². The van der Waals surface area contributed by atoms with Gasteiger partial charge in [0.05, 0.1) is 7.11 Å². The van der Waals surface area contributed by atoms with Crippen LogP contribution in [0.3, 0.4) is 0 Å². The average molecular weight is 249 g/mol. The highest BCUT2D eigenvalue weighted by Gasteiger charge is 2.36. The van der Waals surface area contributed by atoms with E-state index in [1.165, 1.54) is 7.11 Å². The van der Waals surface area contributed by atoms with Crippen molar-refractivity contribution in [3.63, 3.8) is 0 Å². The van der Waals surface area contributed by atoms with Crippen molar-refractivity contribution in [3.05, 3.63) is 23.3 Å². The van der Waals surface area contributed by atoms with Crippen LogP contribution in [0.1, 0.15) is 41.6 Å². The summed E-state index contributed by atoms with van der Waals surface area (Å²) in [6, 6.07) is 3.23.